The smallest absolute Gasteiger partial charge is 0.152 e. The van der Waals surface area contributed by atoms with E-state index in [1.165, 1.54) is 289 Å². The normalized spacial score (nSPS) is 21.3. The lowest BCUT2D eigenvalue weighted by atomic mass is 9.59. The first-order valence-electron chi connectivity index (χ1n) is 35.4. The van der Waals surface area contributed by atoms with E-state index in [2.05, 4.69) is 27.7 Å². The Labute approximate surface area is 482 Å². The molecule has 1 aliphatic heterocycles. The van der Waals surface area contributed by atoms with Crippen LogP contribution in [0.5, 0.6) is 0 Å². The SMILES string of the molecule is CCCCCCCCCCCCCCCCC(O)[C@H]1O[C@H](Cl)[C@@](N)(CCCCCCCCCCCCCCCC)[C@](O)(CCCCCCCCCCCCCCCC)[C@@]1(O)CCCCCCCCCCCCCCCC. The third-order valence-corrected chi connectivity index (χ3v) is 19.1. The third kappa shape index (κ3) is 35.8. The Bertz CT molecular complexity index is 1170. The Morgan fingerprint density at radius 2 is 0.539 bits per heavy atom. The summed E-state index contributed by atoms with van der Waals surface area (Å²) in [6.07, 6.45) is 71.2. The zero-order valence-corrected chi connectivity index (χ0v) is 53.1. The molecular weight excluding hydrogens is 954 g/mol. The molecule has 0 amide bonds. The van der Waals surface area contributed by atoms with Gasteiger partial charge in [0.25, 0.3) is 0 Å². The number of hydrogen-bond acceptors (Lipinski definition) is 5. The van der Waals surface area contributed by atoms with Gasteiger partial charge in [-0.2, -0.15) is 0 Å². The average molecular weight is 1100 g/mol. The summed E-state index contributed by atoms with van der Waals surface area (Å²) in [6.45, 7) is 9.17. The molecule has 0 bridgehead atoms. The standard InChI is InChI=1S/C70H140ClNO4/c1-5-9-13-17-21-25-29-33-37-41-45-49-53-57-61-65(73)66-69(74,63-59-55-51-47-43-39-35-31-27-23-19-15-11-7-3)70(75,64-60-56-52-48-44-40-36-32-28-24-20-16-12-8-4)68(72,67(71)76-66)62-58-54-50-46-42-38-34-30-26-22-18-14-10-6-2/h65-67,73-75H,5-64,72H2,1-4H3/t65?,66-,67+,68+,69-,70-/m1/s1. The van der Waals surface area contributed by atoms with Crippen molar-refractivity contribution in [3.05, 3.63) is 0 Å². The van der Waals surface area contributed by atoms with Crippen LogP contribution in [-0.4, -0.2) is 49.8 Å². The van der Waals surface area contributed by atoms with Gasteiger partial charge in [-0.05, 0) is 25.7 Å². The molecule has 5 N–H and O–H groups in total. The summed E-state index contributed by atoms with van der Waals surface area (Å²) < 4.78 is 6.69. The first-order valence-corrected chi connectivity index (χ1v) is 35.8. The van der Waals surface area contributed by atoms with Gasteiger partial charge in [0.15, 0.2) is 5.56 Å². The predicted molar refractivity (Wildman–Crippen MR) is 337 cm³/mol. The van der Waals surface area contributed by atoms with Crippen molar-refractivity contribution in [3.63, 3.8) is 0 Å². The van der Waals surface area contributed by atoms with Crippen molar-refractivity contribution < 1.29 is 20.1 Å². The van der Waals surface area contributed by atoms with Gasteiger partial charge >= 0.3 is 0 Å². The maximum absolute atomic E-state index is 13.5. The number of hydrogen-bond donors (Lipinski definition) is 4. The zero-order chi connectivity index (χ0) is 55.4. The molecule has 1 fully saturated rings. The molecule has 1 unspecified atom stereocenters. The quantitative estimate of drug-likeness (QED) is 0.0360. The van der Waals surface area contributed by atoms with E-state index >= 15 is 0 Å². The first kappa shape index (κ1) is 74.1. The summed E-state index contributed by atoms with van der Waals surface area (Å²) in [5, 5.41) is 39.1. The Balaban J connectivity index is 3.00. The van der Waals surface area contributed by atoms with E-state index in [0.29, 0.717) is 25.7 Å². The molecule has 0 aromatic carbocycles. The van der Waals surface area contributed by atoms with Gasteiger partial charge in [-0.1, -0.05) is 399 Å². The van der Waals surface area contributed by atoms with Crippen molar-refractivity contribution >= 4 is 11.6 Å². The number of nitrogens with two attached hydrogens (primary N) is 1. The molecule has 0 aromatic heterocycles. The van der Waals surface area contributed by atoms with Crippen LogP contribution in [-0.2, 0) is 4.74 Å². The second-order valence-corrected chi connectivity index (χ2v) is 26.1. The Morgan fingerprint density at radius 3 is 0.803 bits per heavy atom. The van der Waals surface area contributed by atoms with Crippen LogP contribution in [0.4, 0.5) is 0 Å². The van der Waals surface area contributed by atoms with Gasteiger partial charge in [0.2, 0.25) is 0 Å². The van der Waals surface area contributed by atoms with Gasteiger partial charge in [0.05, 0.1) is 11.6 Å². The molecule has 1 saturated heterocycles. The Morgan fingerprint density at radius 1 is 0.329 bits per heavy atom. The van der Waals surface area contributed by atoms with Crippen molar-refractivity contribution in [2.24, 2.45) is 5.73 Å². The van der Waals surface area contributed by atoms with Crippen LogP contribution in [0, 0.1) is 0 Å². The summed E-state index contributed by atoms with van der Waals surface area (Å²) in [6, 6.07) is 0. The Kier molecular flexibility index (Phi) is 51.8. The number of alkyl halides is 1. The van der Waals surface area contributed by atoms with Crippen molar-refractivity contribution in [1.29, 1.82) is 0 Å². The molecule has 0 radical (unpaired) electrons. The molecule has 456 valence electrons. The van der Waals surface area contributed by atoms with Crippen LogP contribution in [0.1, 0.15) is 413 Å². The highest BCUT2D eigenvalue weighted by Gasteiger charge is 2.70. The summed E-state index contributed by atoms with van der Waals surface area (Å²) in [4.78, 5) is 0. The van der Waals surface area contributed by atoms with Crippen LogP contribution in [0.25, 0.3) is 0 Å². The van der Waals surface area contributed by atoms with Gasteiger partial charge in [0.1, 0.15) is 17.3 Å². The molecule has 1 rings (SSSR count). The minimum Gasteiger partial charge on any atom is -0.390 e. The van der Waals surface area contributed by atoms with Crippen LogP contribution in [0.2, 0.25) is 0 Å². The van der Waals surface area contributed by atoms with Gasteiger partial charge < -0.3 is 25.8 Å². The van der Waals surface area contributed by atoms with Gasteiger partial charge in [-0.3, -0.25) is 0 Å². The molecular formula is C70H140ClNO4. The lowest BCUT2D eigenvalue weighted by Crippen LogP contribution is -2.83. The molecule has 0 saturated carbocycles. The summed E-state index contributed by atoms with van der Waals surface area (Å²) >= 11 is 7.35. The molecule has 76 heavy (non-hydrogen) atoms. The number of rotatable bonds is 61. The number of halogens is 1. The summed E-state index contributed by atoms with van der Waals surface area (Å²) in [5.74, 6) is 0. The fraction of sp³-hybridized carbons (Fsp3) is 1.00. The van der Waals surface area contributed by atoms with Crippen LogP contribution in [0.3, 0.4) is 0 Å². The van der Waals surface area contributed by atoms with E-state index in [4.69, 9.17) is 22.1 Å². The van der Waals surface area contributed by atoms with Crippen molar-refractivity contribution in [1.82, 2.24) is 0 Å². The zero-order valence-electron chi connectivity index (χ0n) is 52.4. The summed E-state index contributed by atoms with van der Waals surface area (Å²) in [7, 11) is 0. The van der Waals surface area contributed by atoms with E-state index in [1.807, 2.05) is 0 Å². The highest BCUT2D eigenvalue weighted by Crippen LogP contribution is 2.52. The lowest BCUT2D eigenvalue weighted by Gasteiger charge is -2.62. The fourth-order valence-corrected chi connectivity index (χ4v) is 13.6. The summed E-state index contributed by atoms with van der Waals surface area (Å²) in [5.41, 5.74) is 1.89. The molecule has 6 atom stereocenters. The topological polar surface area (TPSA) is 95.9 Å². The minimum atomic E-state index is -1.69. The third-order valence-electron chi connectivity index (χ3n) is 18.6. The molecule has 0 aromatic rings. The second-order valence-electron chi connectivity index (χ2n) is 25.7. The van der Waals surface area contributed by atoms with Crippen LogP contribution in [0.15, 0.2) is 0 Å². The molecule has 6 heteroatoms. The van der Waals surface area contributed by atoms with E-state index in [9.17, 15) is 15.3 Å². The van der Waals surface area contributed by atoms with E-state index in [-0.39, 0.29) is 0 Å². The molecule has 1 aliphatic rings. The minimum absolute atomic E-state index is 0.377. The maximum atomic E-state index is 13.5. The van der Waals surface area contributed by atoms with Crippen molar-refractivity contribution in [2.45, 2.75) is 447 Å². The number of aliphatic hydroxyl groups is 3. The second kappa shape index (κ2) is 53.1. The van der Waals surface area contributed by atoms with Crippen LogP contribution >= 0.6 is 11.6 Å². The van der Waals surface area contributed by atoms with Crippen LogP contribution < -0.4 is 5.73 Å². The maximum Gasteiger partial charge on any atom is 0.152 e. The first-order chi connectivity index (χ1) is 37.2. The highest BCUT2D eigenvalue weighted by atomic mass is 35.5. The van der Waals surface area contributed by atoms with Crippen molar-refractivity contribution in [3.8, 4) is 0 Å². The van der Waals surface area contributed by atoms with Crippen molar-refractivity contribution in [2.75, 3.05) is 0 Å². The molecule has 5 nitrogen and oxygen atoms in total. The number of ether oxygens (including phenoxy) is 1. The molecule has 0 spiro atoms. The number of aliphatic hydroxyl groups excluding tert-OH is 1. The van der Waals surface area contributed by atoms with Gasteiger partial charge in [0, 0.05) is 0 Å². The monoisotopic (exact) mass is 1090 g/mol. The lowest BCUT2D eigenvalue weighted by molar-refractivity contribution is -0.316. The molecule has 1 heterocycles. The van der Waals surface area contributed by atoms with Gasteiger partial charge in [-0.25, -0.2) is 0 Å². The highest BCUT2D eigenvalue weighted by molar-refractivity contribution is 6.20. The fourth-order valence-electron chi connectivity index (χ4n) is 13.2. The van der Waals surface area contributed by atoms with E-state index < -0.39 is 34.5 Å². The average Bonchev–Trinajstić information content (AvgIpc) is 3.43. The van der Waals surface area contributed by atoms with E-state index in [0.717, 1.165) is 70.6 Å². The number of unbranched alkanes of at least 4 members (excludes halogenated alkanes) is 52. The van der Waals surface area contributed by atoms with E-state index in [1.54, 1.807) is 0 Å². The predicted octanol–water partition coefficient (Wildman–Crippen LogP) is 23.0. The van der Waals surface area contributed by atoms with Gasteiger partial charge in [-0.15, -0.1) is 0 Å². The molecule has 0 aliphatic carbocycles. The largest absolute Gasteiger partial charge is 0.390 e. The Hall–Kier alpha value is 0.0900.